The molecule has 1 aromatic rings. The van der Waals surface area contributed by atoms with Crippen molar-refractivity contribution in [2.75, 3.05) is 6.54 Å². The smallest absolute Gasteiger partial charge is 0.252 e. The van der Waals surface area contributed by atoms with Gasteiger partial charge in [0.25, 0.3) is 5.91 Å². The van der Waals surface area contributed by atoms with Gasteiger partial charge >= 0.3 is 0 Å². The normalized spacial score (nSPS) is 9.21. The summed E-state index contributed by atoms with van der Waals surface area (Å²) in [6.07, 6.45) is 0. The van der Waals surface area contributed by atoms with Crippen molar-refractivity contribution < 1.29 is 9.18 Å². The van der Waals surface area contributed by atoms with Gasteiger partial charge in [0.1, 0.15) is 12.4 Å². The number of amides is 1. The molecule has 0 fully saturated rings. The molecule has 0 bridgehead atoms. The summed E-state index contributed by atoms with van der Waals surface area (Å²) in [7, 11) is 0. The number of benzene rings is 1. The van der Waals surface area contributed by atoms with Gasteiger partial charge < -0.3 is 5.32 Å². The van der Waals surface area contributed by atoms with Crippen LogP contribution in [0.15, 0.2) is 18.2 Å². The number of rotatable bonds is 2. The molecular weight excluding hydrogens is 183 g/mol. The predicted octanol–water partition coefficient (Wildman–Crippen LogP) is 1.39. The van der Waals surface area contributed by atoms with Gasteiger partial charge in [-0.3, -0.25) is 4.79 Å². The quantitative estimate of drug-likeness (QED) is 0.720. The summed E-state index contributed by atoms with van der Waals surface area (Å²) in [5.74, 6) is -0.861. The van der Waals surface area contributed by atoms with Crippen LogP contribution in [0.25, 0.3) is 0 Å². The zero-order valence-electron chi connectivity index (χ0n) is 7.67. The molecule has 0 aliphatic rings. The maximum absolute atomic E-state index is 13.0. The Balaban J connectivity index is 2.82. The molecule has 0 aromatic heterocycles. The van der Waals surface area contributed by atoms with E-state index >= 15 is 0 Å². The van der Waals surface area contributed by atoms with Gasteiger partial charge in [-0.2, -0.15) is 5.26 Å². The van der Waals surface area contributed by atoms with Crippen molar-refractivity contribution in [1.29, 1.82) is 5.26 Å². The monoisotopic (exact) mass is 192 g/mol. The molecule has 0 heterocycles. The number of aryl methyl sites for hydroxylation is 1. The number of nitriles is 1. The molecular formula is C10H9FN2O. The number of nitrogens with one attached hydrogen (secondary N) is 1. The Bertz CT molecular complexity index is 396. The fourth-order valence-electron chi connectivity index (χ4n) is 0.956. The first-order valence-electron chi connectivity index (χ1n) is 4.06. The van der Waals surface area contributed by atoms with Crippen molar-refractivity contribution in [3.8, 4) is 6.07 Å². The fourth-order valence-corrected chi connectivity index (χ4v) is 0.956. The minimum Gasteiger partial charge on any atom is -0.339 e. The Labute approximate surface area is 81.2 Å². The van der Waals surface area contributed by atoms with Crippen LogP contribution in [-0.2, 0) is 0 Å². The van der Waals surface area contributed by atoms with Crippen LogP contribution in [0.3, 0.4) is 0 Å². The van der Waals surface area contributed by atoms with Crippen LogP contribution in [0.2, 0.25) is 0 Å². The molecule has 0 unspecified atom stereocenters. The molecule has 1 N–H and O–H groups in total. The van der Waals surface area contributed by atoms with Crippen LogP contribution in [0.4, 0.5) is 4.39 Å². The van der Waals surface area contributed by atoms with E-state index in [1.54, 1.807) is 13.0 Å². The van der Waals surface area contributed by atoms with Gasteiger partial charge in [0.15, 0.2) is 0 Å². The number of hydrogen-bond donors (Lipinski definition) is 1. The van der Waals surface area contributed by atoms with Crippen molar-refractivity contribution in [3.05, 3.63) is 35.1 Å². The average molecular weight is 192 g/mol. The molecule has 0 atom stereocenters. The van der Waals surface area contributed by atoms with Gasteiger partial charge in [-0.15, -0.1) is 0 Å². The lowest BCUT2D eigenvalue weighted by molar-refractivity contribution is 0.0958. The maximum Gasteiger partial charge on any atom is 0.252 e. The molecule has 0 aliphatic heterocycles. The van der Waals surface area contributed by atoms with Crippen molar-refractivity contribution in [2.24, 2.45) is 0 Å². The molecule has 72 valence electrons. The van der Waals surface area contributed by atoms with E-state index in [2.05, 4.69) is 5.32 Å². The first-order chi connectivity index (χ1) is 6.65. The second-order valence-electron chi connectivity index (χ2n) is 2.80. The molecule has 1 amide bonds. The molecule has 0 radical (unpaired) electrons. The van der Waals surface area contributed by atoms with E-state index < -0.39 is 11.7 Å². The Morgan fingerprint density at radius 3 is 2.93 bits per heavy atom. The van der Waals surface area contributed by atoms with E-state index in [0.717, 1.165) is 6.07 Å². The second-order valence-corrected chi connectivity index (χ2v) is 2.80. The van der Waals surface area contributed by atoms with Crippen LogP contribution in [0, 0.1) is 24.1 Å². The zero-order valence-corrected chi connectivity index (χ0v) is 7.67. The summed E-state index contributed by atoms with van der Waals surface area (Å²) in [5.41, 5.74) is 0.713. The molecule has 1 rings (SSSR count). The summed E-state index contributed by atoms with van der Waals surface area (Å²) in [6.45, 7) is 1.54. The van der Waals surface area contributed by atoms with Gasteiger partial charge in [0.2, 0.25) is 0 Å². The van der Waals surface area contributed by atoms with Crippen LogP contribution >= 0.6 is 0 Å². The van der Waals surface area contributed by atoms with E-state index in [1.165, 1.54) is 12.1 Å². The van der Waals surface area contributed by atoms with Crippen LogP contribution in [-0.4, -0.2) is 12.5 Å². The first kappa shape index (κ1) is 10.2. The van der Waals surface area contributed by atoms with E-state index in [1.807, 2.05) is 0 Å². The maximum atomic E-state index is 13.0. The molecule has 0 spiro atoms. The highest BCUT2D eigenvalue weighted by Gasteiger charge is 2.06. The second kappa shape index (κ2) is 4.38. The third kappa shape index (κ3) is 2.30. The highest BCUT2D eigenvalue weighted by Crippen LogP contribution is 2.08. The summed E-state index contributed by atoms with van der Waals surface area (Å²) in [4.78, 5) is 11.2. The number of nitrogens with zero attached hydrogens (tertiary/aromatic N) is 1. The largest absolute Gasteiger partial charge is 0.339 e. The highest BCUT2D eigenvalue weighted by molar-refractivity contribution is 5.94. The first-order valence-corrected chi connectivity index (χ1v) is 4.06. The lowest BCUT2D eigenvalue weighted by Crippen LogP contribution is -2.23. The standard InChI is InChI=1S/C10H9FN2O/c1-7-2-3-8(6-9(7)11)10(14)13-5-4-12/h2-3,6H,5H2,1H3,(H,13,14). The van der Waals surface area contributed by atoms with E-state index in [9.17, 15) is 9.18 Å². The van der Waals surface area contributed by atoms with Crippen LogP contribution < -0.4 is 5.32 Å². The average Bonchev–Trinajstić information content (AvgIpc) is 2.18. The summed E-state index contributed by atoms with van der Waals surface area (Å²) < 4.78 is 13.0. The van der Waals surface area contributed by atoms with Crippen molar-refractivity contribution in [2.45, 2.75) is 6.92 Å². The van der Waals surface area contributed by atoms with E-state index in [-0.39, 0.29) is 12.1 Å². The van der Waals surface area contributed by atoms with Gasteiger partial charge in [0, 0.05) is 5.56 Å². The lowest BCUT2D eigenvalue weighted by atomic mass is 10.1. The van der Waals surface area contributed by atoms with E-state index in [0.29, 0.717) is 5.56 Å². The fraction of sp³-hybridized carbons (Fsp3) is 0.200. The van der Waals surface area contributed by atoms with Crippen LogP contribution in [0.5, 0.6) is 0 Å². The molecule has 0 saturated heterocycles. The van der Waals surface area contributed by atoms with Gasteiger partial charge in [-0.1, -0.05) is 6.07 Å². The van der Waals surface area contributed by atoms with E-state index in [4.69, 9.17) is 5.26 Å². The minimum absolute atomic E-state index is 0.0751. The Morgan fingerprint density at radius 2 is 2.36 bits per heavy atom. The van der Waals surface area contributed by atoms with Gasteiger partial charge in [-0.05, 0) is 24.6 Å². The minimum atomic E-state index is -0.439. The molecule has 0 saturated carbocycles. The van der Waals surface area contributed by atoms with Gasteiger partial charge in [0.05, 0.1) is 6.07 Å². The number of hydrogen-bond acceptors (Lipinski definition) is 2. The Kier molecular flexibility index (Phi) is 3.19. The number of carbonyl (C=O) groups is 1. The third-order valence-corrected chi connectivity index (χ3v) is 1.76. The van der Waals surface area contributed by atoms with Gasteiger partial charge in [-0.25, -0.2) is 4.39 Å². The zero-order chi connectivity index (χ0) is 10.6. The van der Waals surface area contributed by atoms with Crippen molar-refractivity contribution in [1.82, 2.24) is 5.32 Å². The van der Waals surface area contributed by atoms with Crippen LogP contribution in [0.1, 0.15) is 15.9 Å². The predicted molar refractivity (Wildman–Crippen MR) is 49.1 cm³/mol. The SMILES string of the molecule is Cc1ccc(C(=O)NCC#N)cc1F. The lowest BCUT2D eigenvalue weighted by Gasteiger charge is -2.02. The number of halogens is 1. The Hall–Kier alpha value is -1.89. The summed E-state index contributed by atoms with van der Waals surface area (Å²) in [5, 5.41) is 10.6. The molecule has 1 aromatic carbocycles. The molecule has 3 nitrogen and oxygen atoms in total. The Morgan fingerprint density at radius 1 is 1.64 bits per heavy atom. The summed E-state index contributed by atoms with van der Waals surface area (Å²) in [6, 6.07) is 5.97. The van der Waals surface area contributed by atoms with Crippen molar-refractivity contribution >= 4 is 5.91 Å². The molecule has 0 aliphatic carbocycles. The highest BCUT2D eigenvalue weighted by atomic mass is 19.1. The molecule has 4 heteroatoms. The number of carbonyl (C=O) groups excluding carboxylic acids is 1. The topological polar surface area (TPSA) is 52.9 Å². The van der Waals surface area contributed by atoms with Crippen molar-refractivity contribution in [3.63, 3.8) is 0 Å². The summed E-state index contributed by atoms with van der Waals surface area (Å²) >= 11 is 0. The molecule has 14 heavy (non-hydrogen) atoms. The third-order valence-electron chi connectivity index (χ3n) is 1.76.